The first kappa shape index (κ1) is 14.6. The van der Waals surface area contributed by atoms with Crippen LogP contribution in [0.1, 0.15) is 12.0 Å². The van der Waals surface area contributed by atoms with Gasteiger partial charge in [-0.15, -0.1) is 13.2 Å². The lowest BCUT2D eigenvalue weighted by Gasteiger charge is -2.22. The van der Waals surface area contributed by atoms with Crippen LogP contribution in [0, 0.1) is 5.41 Å². The van der Waals surface area contributed by atoms with Crippen molar-refractivity contribution in [2.24, 2.45) is 5.41 Å². The van der Waals surface area contributed by atoms with Crippen LogP contribution in [0.4, 0.5) is 13.2 Å². The van der Waals surface area contributed by atoms with Gasteiger partial charge in [0.2, 0.25) is 0 Å². The third kappa shape index (κ3) is 3.41. The van der Waals surface area contributed by atoms with E-state index in [1.807, 2.05) is 0 Å². The molecule has 1 N–H and O–H groups in total. The molecular formula is C13H13F3O4. The molecule has 1 aromatic rings. The fourth-order valence-corrected chi connectivity index (χ4v) is 2.19. The Balaban J connectivity index is 2.08. The quantitative estimate of drug-likeness (QED) is 0.926. The van der Waals surface area contributed by atoms with Crippen LogP contribution >= 0.6 is 0 Å². The summed E-state index contributed by atoms with van der Waals surface area (Å²) in [5, 5.41) is 9.28. The van der Waals surface area contributed by atoms with Gasteiger partial charge in [-0.2, -0.15) is 0 Å². The van der Waals surface area contributed by atoms with Crippen LogP contribution in [0.15, 0.2) is 24.3 Å². The van der Waals surface area contributed by atoms with E-state index in [2.05, 4.69) is 4.74 Å². The normalized spacial score (nSPS) is 22.8. The highest BCUT2D eigenvalue weighted by Crippen LogP contribution is 2.33. The molecule has 0 radical (unpaired) electrons. The summed E-state index contributed by atoms with van der Waals surface area (Å²) in [5.41, 5.74) is -0.362. The highest BCUT2D eigenvalue weighted by Gasteiger charge is 2.42. The van der Waals surface area contributed by atoms with Gasteiger partial charge in [0.25, 0.3) is 0 Å². The zero-order valence-corrected chi connectivity index (χ0v) is 10.4. The highest BCUT2D eigenvalue weighted by atomic mass is 19.4. The van der Waals surface area contributed by atoms with Gasteiger partial charge >= 0.3 is 12.3 Å². The molecule has 0 aliphatic carbocycles. The molecular weight excluding hydrogens is 277 g/mol. The molecule has 1 aliphatic heterocycles. The maximum Gasteiger partial charge on any atom is 0.573 e. The average molecular weight is 290 g/mol. The summed E-state index contributed by atoms with van der Waals surface area (Å²) in [6.45, 7) is 0.491. The smallest absolute Gasteiger partial charge is 0.481 e. The lowest BCUT2D eigenvalue weighted by atomic mass is 9.81. The number of halogens is 3. The molecule has 7 heteroatoms. The molecule has 1 saturated heterocycles. The molecule has 0 bridgehead atoms. The first-order chi connectivity index (χ1) is 9.31. The number of carboxylic acids is 1. The summed E-state index contributed by atoms with van der Waals surface area (Å²) < 4.78 is 44.9. The number of ether oxygens (including phenoxy) is 2. The molecule has 0 spiro atoms. The van der Waals surface area contributed by atoms with E-state index in [1.165, 1.54) is 24.3 Å². The van der Waals surface area contributed by atoms with E-state index in [0.717, 1.165) is 0 Å². The summed E-state index contributed by atoms with van der Waals surface area (Å²) in [4.78, 5) is 11.3. The molecule has 1 unspecified atom stereocenters. The molecule has 1 atom stereocenters. The number of alkyl halides is 3. The third-order valence-corrected chi connectivity index (χ3v) is 3.26. The second kappa shape index (κ2) is 5.32. The fraction of sp³-hybridized carbons (Fsp3) is 0.462. The monoisotopic (exact) mass is 290 g/mol. The maximum atomic E-state index is 12.0. The summed E-state index contributed by atoms with van der Waals surface area (Å²) >= 11 is 0. The van der Waals surface area contributed by atoms with Crippen LogP contribution in [0.25, 0.3) is 0 Å². The topological polar surface area (TPSA) is 55.8 Å². The van der Waals surface area contributed by atoms with Crippen molar-refractivity contribution in [3.05, 3.63) is 29.8 Å². The number of benzene rings is 1. The predicted octanol–water partition coefficient (Wildman–Crippen LogP) is 2.62. The third-order valence-electron chi connectivity index (χ3n) is 3.26. The average Bonchev–Trinajstić information content (AvgIpc) is 2.80. The van der Waals surface area contributed by atoms with Crippen LogP contribution in [0.5, 0.6) is 5.75 Å². The summed E-state index contributed by atoms with van der Waals surface area (Å²) in [7, 11) is 0. The number of hydrogen-bond acceptors (Lipinski definition) is 3. The summed E-state index contributed by atoms with van der Waals surface area (Å²) in [6, 6.07) is 5.22. The zero-order chi connectivity index (χ0) is 14.8. The molecule has 1 aliphatic rings. The first-order valence-electron chi connectivity index (χ1n) is 5.97. The second-order valence-corrected chi connectivity index (χ2v) is 4.76. The molecule has 0 saturated carbocycles. The van der Waals surface area contributed by atoms with E-state index in [4.69, 9.17) is 4.74 Å². The minimum absolute atomic E-state index is 0.114. The summed E-state index contributed by atoms with van der Waals surface area (Å²) in [6.07, 6.45) is -4.12. The Kier molecular flexibility index (Phi) is 3.89. The molecule has 0 aromatic heterocycles. The van der Waals surface area contributed by atoms with Crippen molar-refractivity contribution in [1.82, 2.24) is 0 Å². The van der Waals surface area contributed by atoms with Gasteiger partial charge in [-0.1, -0.05) is 12.1 Å². The standard InChI is InChI=1S/C13H13F3O4/c14-13(15,16)20-10-3-1-9(2-4-10)7-12(11(17)18)5-6-19-8-12/h1-4H,5-8H2,(H,17,18). The molecule has 20 heavy (non-hydrogen) atoms. The number of carbonyl (C=O) groups is 1. The highest BCUT2D eigenvalue weighted by molar-refractivity contribution is 5.75. The molecule has 2 rings (SSSR count). The van der Waals surface area contributed by atoms with E-state index in [0.29, 0.717) is 18.6 Å². The Morgan fingerprint density at radius 2 is 2.00 bits per heavy atom. The lowest BCUT2D eigenvalue weighted by molar-refractivity contribution is -0.274. The Morgan fingerprint density at radius 3 is 2.45 bits per heavy atom. The molecule has 1 fully saturated rings. The summed E-state index contributed by atoms with van der Waals surface area (Å²) in [5.74, 6) is -1.28. The first-order valence-corrected chi connectivity index (χ1v) is 5.97. The number of rotatable bonds is 4. The van der Waals surface area contributed by atoms with Crippen molar-refractivity contribution >= 4 is 5.97 Å². The Labute approximate surface area is 113 Å². The molecule has 0 amide bonds. The van der Waals surface area contributed by atoms with Gasteiger partial charge < -0.3 is 14.6 Å². The van der Waals surface area contributed by atoms with Gasteiger partial charge in [0.1, 0.15) is 5.75 Å². The lowest BCUT2D eigenvalue weighted by Crippen LogP contribution is -2.33. The van der Waals surface area contributed by atoms with Crippen molar-refractivity contribution in [2.45, 2.75) is 19.2 Å². The van der Waals surface area contributed by atoms with Gasteiger partial charge in [-0.25, -0.2) is 0 Å². The fourth-order valence-electron chi connectivity index (χ4n) is 2.19. The zero-order valence-electron chi connectivity index (χ0n) is 10.4. The largest absolute Gasteiger partial charge is 0.573 e. The Hall–Kier alpha value is -1.76. The van der Waals surface area contributed by atoms with E-state index in [-0.39, 0.29) is 18.8 Å². The van der Waals surface area contributed by atoms with Crippen LogP contribution in [-0.2, 0) is 16.0 Å². The minimum Gasteiger partial charge on any atom is -0.481 e. The van der Waals surface area contributed by atoms with Crippen molar-refractivity contribution in [2.75, 3.05) is 13.2 Å². The maximum absolute atomic E-state index is 12.0. The van der Waals surface area contributed by atoms with E-state index in [1.54, 1.807) is 0 Å². The van der Waals surface area contributed by atoms with Crippen molar-refractivity contribution in [3.8, 4) is 5.75 Å². The van der Waals surface area contributed by atoms with Gasteiger partial charge in [0, 0.05) is 6.61 Å². The van der Waals surface area contributed by atoms with E-state index in [9.17, 15) is 23.1 Å². The van der Waals surface area contributed by atoms with E-state index < -0.39 is 17.7 Å². The number of hydrogen-bond donors (Lipinski definition) is 1. The van der Waals surface area contributed by atoms with Crippen molar-refractivity contribution in [1.29, 1.82) is 0 Å². The molecule has 4 nitrogen and oxygen atoms in total. The molecule has 110 valence electrons. The van der Waals surface area contributed by atoms with Gasteiger partial charge in [-0.3, -0.25) is 4.79 Å². The van der Waals surface area contributed by atoms with Crippen LogP contribution in [-0.4, -0.2) is 30.7 Å². The van der Waals surface area contributed by atoms with Crippen molar-refractivity contribution < 1.29 is 32.5 Å². The Morgan fingerprint density at radius 1 is 1.35 bits per heavy atom. The van der Waals surface area contributed by atoms with E-state index >= 15 is 0 Å². The van der Waals surface area contributed by atoms with Crippen LogP contribution in [0.3, 0.4) is 0 Å². The minimum atomic E-state index is -4.73. The number of carboxylic acid groups (broad SMARTS) is 1. The number of aliphatic carboxylic acids is 1. The predicted molar refractivity (Wildman–Crippen MR) is 62.3 cm³/mol. The van der Waals surface area contributed by atoms with Crippen molar-refractivity contribution in [3.63, 3.8) is 0 Å². The van der Waals surface area contributed by atoms with Crippen LogP contribution < -0.4 is 4.74 Å². The molecule has 1 aromatic carbocycles. The molecule has 1 heterocycles. The van der Waals surface area contributed by atoms with Gasteiger partial charge in [0.05, 0.1) is 12.0 Å². The van der Waals surface area contributed by atoms with Crippen LogP contribution in [0.2, 0.25) is 0 Å². The van der Waals surface area contributed by atoms with Gasteiger partial charge in [0.15, 0.2) is 0 Å². The SMILES string of the molecule is O=C(O)C1(Cc2ccc(OC(F)(F)F)cc2)CCOC1. The second-order valence-electron chi connectivity index (χ2n) is 4.76. The van der Waals surface area contributed by atoms with Gasteiger partial charge in [-0.05, 0) is 30.5 Å². The Bertz CT molecular complexity index is 475.